The Labute approximate surface area is 116 Å². The summed E-state index contributed by atoms with van der Waals surface area (Å²) in [6.07, 6.45) is 2.00. The molecule has 0 unspecified atom stereocenters. The topological polar surface area (TPSA) is 59.6 Å². The summed E-state index contributed by atoms with van der Waals surface area (Å²) in [7, 11) is 0. The molecular weight excluding hydrogens is 294 g/mol. The quantitative estimate of drug-likeness (QED) is 0.662. The van der Waals surface area contributed by atoms with Crippen LogP contribution < -0.4 is 15.8 Å². The molecule has 5 heteroatoms. The molecule has 2 rings (SSSR count). The van der Waals surface area contributed by atoms with Gasteiger partial charge in [-0.05, 0) is 24.1 Å². The van der Waals surface area contributed by atoms with Gasteiger partial charge in [0, 0.05) is 23.0 Å². The molecule has 1 heterocycles. The zero-order valence-corrected chi connectivity index (χ0v) is 12.1. The van der Waals surface area contributed by atoms with Crippen molar-refractivity contribution in [2.24, 2.45) is 10.7 Å². The third kappa shape index (κ3) is 3.16. The van der Waals surface area contributed by atoms with Crippen LogP contribution in [-0.2, 0) is 13.0 Å². The molecule has 0 saturated carbocycles. The minimum Gasteiger partial charge on any atom is -0.493 e. The number of benzene rings is 1. The average molecular weight is 312 g/mol. The second-order valence-electron chi connectivity index (χ2n) is 4.28. The Morgan fingerprint density at radius 2 is 2.39 bits per heavy atom. The number of halogens is 1. The molecule has 4 nitrogen and oxygen atoms in total. The first-order valence-corrected chi connectivity index (χ1v) is 6.98. The number of fused-ring (bicyclic) bond motifs is 1. The van der Waals surface area contributed by atoms with Crippen LogP contribution in [0, 0.1) is 0 Å². The zero-order chi connectivity index (χ0) is 13.0. The lowest BCUT2D eigenvalue weighted by Crippen LogP contribution is -2.32. The number of ether oxygens (including phenoxy) is 1. The fourth-order valence-electron chi connectivity index (χ4n) is 1.94. The first kappa shape index (κ1) is 13.2. The summed E-state index contributed by atoms with van der Waals surface area (Å²) in [4.78, 5) is 4.33. The van der Waals surface area contributed by atoms with Crippen LogP contribution in [-0.4, -0.2) is 19.1 Å². The van der Waals surface area contributed by atoms with E-state index in [1.807, 2.05) is 6.07 Å². The van der Waals surface area contributed by atoms with Gasteiger partial charge in [0.05, 0.1) is 13.2 Å². The summed E-state index contributed by atoms with van der Waals surface area (Å²) in [5, 5.41) is 3.06. The smallest absolute Gasteiger partial charge is 0.188 e. The molecule has 1 aromatic rings. The van der Waals surface area contributed by atoms with Crippen LogP contribution in [0.3, 0.4) is 0 Å². The number of rotatable bonds is 4. The number of nitrogens with one attached hydrogen (secondary N) is 1. The van der Waals surface area contributed by atoms with Crippen LogP contribution in [0.25, 0.3) is 0 Å². The van der Waals surface area contributed by atoms with Crippen LogP contribution in [0.15, 0.2) is 21.6 Å². The number of aliphatic imine (C=N–C) groups is 1. The maximum Gasteiger partial charge on any atom is 0.188 e. The first-order valence-electron chi connectivity index (χ1n) is 6.18. The van der Waals surface area contributed by atoms with Gasteiger partial charge in [-0.2, -0.15) is 0 Å². The zero-order valence-electron chi connectivity index (χ0n) is 10.5. The molecule has 0 amide bonds. The van der Waals surface area contributed by atoms with Crippen molar-refractivity contribution >= 4 is 21.9 Å². The highest BCUT2D eigenvalue weighted by molar-refractivity contribution is 9.10. The fourth-order valence-corrected chi connectivity index (χ4v) is 2.50. The van der Waals surface area contributed by atoms with Gasteiger partial charge in [0.2, 0.25) is 0 Å². The summed E-state index contributed by atoms with van der Waals surface area (Å²) < 4.78 is 6.71. The maximum atomic E-state index is 5.78. The standard InChI is InChI=1S/C13H18BrN3O/c1-2-4-16-13(15)17-8-10-7-11(14)6-9-3-5-18-12(9)10/h6-7H,2-5,8H2,1H3,(H3,15,16,17). The van der Waals surface area contributed by atoms with Crippen molar-refractivity contribution in [2.45, 2.75) is 26.3 Å². The van der Waals surface area contributed by atoms with Crippen molar-refractivity contribution in [3.05, 3.63) is 27.7 Å². The Kier molecular flexibility index (Phi) is 4.47. The van der Waals surface area contributed by atoms with E-state index in [4.69, 9.17) is 10.5 Å². The molecule has 1 aliphatic rings. The predicted molar refractivity (Wildman–Crippen MR) is 77.0 cm³/mol. The van der Waals surface area contributed by atoms with E-state index in [0.717, 1.165) is 41.8 Å². The van der Waals surface area contributed by atoms with Gasteiger partial charge < -0.3 is 15.8 Å². The molecule has 0 aromatic heterocycles. The molecule has 0 bridgehead atoms. The van der Waals surface area contributed by atoms with Crippen molar-refractivity contribution in [2.75, 3.05) is 13.2 Å². The Bertz CT molecular complexity index is 460. The normalized spacial score (nSPS) is 14.2. The Morgan fingerprint density at radius 1 is 1.56 bits per heavy atom. The summed E-state index contributed by atoms with van der Waals surface area (Å²) in [5.74, 6) is 1.47. The van der Waals surface area contributed by atoms with Gasteiger partial charge in [0.25, 0.3) is 0 Å². The molecule has 18 heavy (non-hydrogen) atoms. The van der Waals surface area contributed by atoms with Crippen LogP contribution in [0.5, 0.6) is 5.75 Å². The highest BCUT2D eigenvalue weighted by Crippen LogP contribution is 2.33. The second kappa shape index (κ2) is 6.09. The van der Waals surface area contributed by atoms with Gasteiger partial charge in [0.15, 0.2) is 5.96 Å². The van der Waals surface area contributed by atoms with Crippen molar-refractivity contribution in [1.29, 1.82) is 0 Å². The number of nitrogens with zero attached hydrogens (tertiary/aromatic N) is 1. The maximum absolute atomic E-state index is 5.78. The van der Waals surface area contributed by atoms with Crippen LogP contribution in [0.2, 0.25) is 0 Å². The molecule has 0 saturated heterocycles. The van der Waals surface area contributed by atoms with Crippen molar-refractivity contribution in [1.82, 2.24) is 5.32 Å². The third-order valence-corrected chi connectivity index (χ3v) is 3.26. The van der Waals surface area contributed by atoms with E-state index in [-0.39, 0.29) is 0 Å². The van der Waals surface area contributed by atoms with Gasteiger partial charge in [-0.3, -0.25) is 0 Å². The lowest BCUT2D eigenvalue weighted by atomic mass is 10.1. The molecule has 0 radical (unpaired) electrons. The molecule has 0 aliphatic carbocycles. The summed E-state index contributed by atoms with van der Waals surface area (Å²) in [6.45, 7) is 4.24. The van der Waals surface area contributed by atoms with E-state index in [2.05, 4.69) is 39.2 Å². The van der Waals surface area contributed by atoms with Crippen LogP contribution >= 0.6 is 15.9 Å². The SMILES string of the molecule is CCCNC(N)=NCc1cc(Br)cc2c1OCC2. The first-order chi connectivity index (χ1) is 8.70. The number of nitrogens with two attached hydrogens (primary N) is 1. The largest absolute Gasteiger partial charge is 0.493 e. The van der Waals surface area contributed by atoms with E-state index in [9.17, 15) is 0 Å². The molecule has 98 valence electrons. The summed E-state index contributed by atoms with van der Waals surface area (Å²) in [5.41, 5.74) is 8.10. The Morgan fingerprint density at radius 3 is 3.17 bits per heavy atom. The Hall–Kier alpha value is -1.23. The average Bonchev–Trinajstić information content (AvgIpc) is 2.81. The molecule has 0 atom stereocenters. The van der Waals surface area contributed by atoms with Crippen molar-refractivity contribution in [3.8, 4) is 5.75 Å². The minimum atomic E-state index is 0.489. The van der Waals surface area contributed by atoms with Crippen molar-refractivity contribution in [3.63, 3.8) is 0 Å². The van der Waals surface area contributed by atoms with Gasteiger partial charge >= 0.3 is 0 Å². The van der Waals surface area contributed by atoms with Gasteiger partial charge in [-0.25, -0.2) is 4.99 Å². The molecule has 3 N–H and O–H groups in total. The highest BCUT2D eigenvalue weighted by Gasteiger charge is 2.17. The fraction of sp³-hybridized carbons (Fsp3) is 0.462. The highest BCUT2D eigenvalue weighted by atomic mass is 79.9. The van der Waals surface area contributed by atoms with E-state index in [1.54, 1.807) is 0 Å². The third-order valence-electron chi connectivity index (χ3n) is 2.80. The lowest BCUT2D eigenvalue weighted by molar-refractivity contribution is 0.353. The number of hydrogen-bond donors (Lipinski definition) is 2. The summed E-state index contributed by atoms with van der Waals surface area (Å²) >= 11 is 3.51. The van der Waals surface area contributed by atoms with Crippen molar-refractivity contribution < 1.29 is 4.74 Å². The van der Waals surface area contributed by atoms with Gasteiger partial charge in [0.1, 0.15) is 5.75 Å². The molecule has 0 spiro atoms. The lowest BCUT2D eigenvalue weighted by Gasteiger charge is -2.08. The number of hydrogen-bond acceptors (Lipinski definition) is 2. The van der Waals surface area contributed by atoms with Gasteiger partial charge in [-0.15, -0.1) is 0 Å². The second-order valence-corrected chi connectivity index (χ2v) is 5.20. The van der Waals surface area contributed by atoms with E-state index in [1.165, 1.54) is 5.56 Å². The van der Waals surface area contributed by atoms with E-state index >= 15 is 0 Å². The van der Waals surface area contributed by atoms with Gasteiger partial charge in [-0.1, -0.05) is 22.9 Å². The van der Waals surface area contributed by atoms with Crippen LogP contribution in [0.4, 0.5) is 0 Å². The molecule has 1 aliphatic heterocycles. The van der Waals surface area contributed by atoms with Crippen LogP contribution in [0.1, 0.15) is 24.5 Å². The number of guanidine groups is 1. The monoisotopic (exact) mass is 311 g/mol. The van der Waals surface area contributed by atoms with E-state index in [0.29, 0.717) is 12.5 Å². The molecule has 0 fully saturated rings. The minimum absolute atomic E-state index is 0.489. The Balaban J connectivity index is 2.10. The van der Waals surface area contributed by atoms with E-state index < -0.39 is 0 Å². The predicted octanol–water partition coefficient (Wildman–Crippen LogP) is 2.20. The molecular formula is C13H18BrN3O. The summed E-state index contributed by atoms with van der Waals surface area (Å²) in [6, 6.07) is 4.15. The molecule has 1 aromatic carbocycles.